The molecule has 0 aromatic heterocycles. The third kappa shape index (κ3) is 3.32. The number of allylic oxidation sites excluding steroid dienone is 1. The van der Waals surface area contributed by atoms with Crippen molar-refractivity contribution in [1.82, 2.24) is 0 Å². The van der Waals surface area contributed by atoms with E-state index in [1.165, 1.54) is 22.3 Å². The molecule has 2 rings (SSSR count). The van der Waals surface area contributed by atoms with Crippen LogP contribution in [0.15, 0.2) is 53.6 Å². The van der Waals surface area contributed by atoms with E-state index in [0.717, 1.165) is 10.6 Å². The van der Waals surface area contributed by atoms with Gasteiger partial charge in [0.2, 0.25) is 0 Å². The van der Waals surface area contributed by atoms with Gasteiger partial charge in [0.15, 0.2) is 0 Å². The normalized spacial score (nSPS) is 10.7. The van der Waals surface area contributed by atoms with Crippen molar-refractivity contribution in [2.75, 3.05) is 0 Å². The topological polar surface area (TPSA) is 0 Å². The van der Waals surface area contributed by atoms with Gasteiger partial charge in [-0.05, 0) is 30.9 Å². The zero-order valence-corrected chi connectivity index (χ0v) is 13.3. The molecule has 2 aromatic carbocycles. The Balaban J connectivity index is 2.59. The molecule has 0 N–H and O–H groups in total. The minimum atomic E-state index is 0.314. The summed E-state index contributed by atoms with van der Waals surface area (Å²) in [5, 5.41) is 0.915. The van der Waals surface area contributed by atoms with Gasteiger partial charge in [-0.15, -0.1) is 0 Å². The largest absolute Gasteiger partial charge is 0.0882 e. The van der Waals surface area contributed by atoms with Gasteiger partial charge in [-0.3, -0.25) is 0 Å². The molecule has 0 nitrogen and oxygen atoms in total. The van der Waals surface area contributed by atoms with Crippen molar-refractivity contribution < 1.29 is 0 Å². The van der Waals surface area contributed by atoms with Crippen LogP contribution in [0, 0.1) is 19.8 Å². The number of aryl methyl sites for hydroxylation is 2. The molecule has 0 atom stereocenters. The lowest BCUT2D eigenvalue weighted by Gasteiger charge is -2.15. The SMILES string of the molecule is Cc1ccc(C(=C(Cl)C(C)C)c2ccc(C)cc2)cc1. The van der Waals surface area contributed by atoms with E-state index in [1.807, 2.05) is 0 Å². The van der Waals surface area contributed by atoms with E-state index in [0.29, 0.717) is 5.92 Å². The maximum atomic E-state index is 6.61. The second-order valence-corrected chi connectivity index (χ2v) is 6.02. The van der Waals surface area contributed by atoms with Gasteiger partial charge in [0.1, 0.15) is 0 Å². The van der Waals surface area contributed by atoms with Crippen molar-refractivity contribution in [3.8, 4) is 0 Å². The molecule has 0 saturated heterocycles. The summed E-state index contributed by atoms with van der Waals surface area (Å²) in [5.74, 6) is 0.314. The van der Waals surface area contributed by atoms with Crippen LogP contribution in [0.4, 0.5) is 0 Å². The molecule has 2 aromatic rings. The molecule has 0 radical (unpaired) electrons. The highest BCUT2D eigenvalue weighted by Gasteiger charge is 2.13. The van der Waals surface area contributed by atoms with Crippen molar-refractivity contribution in [3.63, 3.8) is 0 Å². The Morgan fingerprint density at radius 2 is 1.10 bits per heavy atom. The summed E-state index contributed by atoms with van der Waals surface area (Å²) in [7, 11) is 0. The highest BCUT2D eigenvalue weighted by molar-refractivity contribution is 6.33. The second kappa shape index (κ2) is 6.28. The summed E-state index contributed by atoms with van der Waals surface area (Å²) in [4.78, 5) is 0. The fourth-order valence-electron chi connectivity index (χ4n) is 2.17. The summed E-state index contributed by atoms with van der Waals surface area (Å²) in [5.41, 5.74) is 6.02. The average molecular weight is 285 g/mol. The van der Waals surface area contributed by atoms with Gasteiger partial charge in [-0.1, -0.05) is 85.1 Å². The number of benzene rings is 2. The monoisotopic (exact) mass is 284 g/mol. The molecular weight excluding hydrogens is 264 g/mol. The summed E-state index contributed by atoms with van der Waals surface area (Å²) >= 11 is 6.61. The van der Waals surface area contributed by atoms with E-state index in [9.17, 15) is 0 Å². The van der Waals surface area contributed by atoms with Crippen molar-refractivity contribution >= 4 is 17.2 Å². The van der Waals surface area contributed by atoms with E-state index in [-0.39, 0.29) is 0 Å². The zero-order chi connectivity index (χ0) is 14.7. The van der Waals surface area contributed by atoms with E-state index in [4.69, 9.17) is 11.6 Å². The van der Waals surface area contributed by atoms with Gasteiger partial charge >= 0.3 is 0 Å². The first-order chi connectivity index (χ1) is 9.49. The van der Waals surface area contributed by atoms with E-state index < -0.39 is 0 Å². The third-order valence-corrected chi connectivity index (χ3v) is 4.05. The minimum absolute atomic E-state index is 0.314. The van der Waals surface area contributed by atoms with Gasteiger partial charge in [0, 0.05) is 10.6 Å². The molecule has 0 spiro atoms. The summed E-state index contributed by atoms with van der Waals surface area (Å²) < 4.78 is 0. The Labute approximate surface area is 127 Å². The van der Waals surface area contributed by atoms with Crippen LogP contribution in [-0.4, -0.2) is 0 Å². The molecular formula is C19H21Cl. The molecule has 0 amide bonds. The van der Waals surface area contributed by atoms with Gasteiger partial charge in [-0.2, -0.15) is 0 Å². The summed E-state index contributed by atoms with van der Waals surface area (Å²) in [6.07, 6.45) is 0. The Morgan fingerprint density at radius 1 is 0.750 bits per heavy atom. The van der Waals surface area contributed by atoms with Crippen molar-refractivity contribution in [3.05, 3.63) is 75.8 Å². The predicted octanol–water partition coefficient (Wildman–Crippen LogP) is 5.96. The van der Waals surface area contributed by atoms with Crippen LogP contribution in [-0.2, 0) is 0 Å². The summed E-state index contributed by atoms with van der Waals surface area (Å²) in [6, 6.07) is 17.1. The molecule has 1 heteroatoms. The van der Waals surface area contributed by atoms with Crippen LogP contribution < -0.4 is 0 Å². The molecule has 0 saturated carbocycles. The lowest BCUT2D eigenvalue weighted by Crippen LogP contribution is -1.96. The molecule has 104 valence electrons. The molecule has 0 aliphatic heterocycles. The number of rotatable bonds is 3. The molecule has 20 heavy (non-hydrogen) atoms. The third-order valence-electron chi connectivity index (χ3n) is 3.43. The average Bonchev–Trinajstić information content (AvgIpc) is 2.43. The highest BCUT2D eigenvalue weighted by atomic mass is 35.5. The lowest BCUT2D eigenvalue weighted by molar-refractivity contribution is 0.815. The number of hydrogen-bond acceptors (Lipinski definition) is 0. The van der Waals surface area contributed by atoms with E-state index in [1.54, 1.807) is 0 Å². The predicted molar refractivity (Wildman–Crippen MR) is 89.1 cm³/mol. The molecule has 0 aliphatic rings. The lowest BCUT2D eigenvalue weighted by atomic mass is 9.93. The standard InChI is InChI=1S/C19H21Cl/c1-13(2)19(20)18(16-9-5-14(3)6-10-16)17-11-7-15(4)8-12-17/h5-13H,1-4H3. The van der Waals surface area contributed by atoms with Gasteiger partial charge < -0.3 is 0 Å². The van der Waals surface area contributed by atoms with E-state index >= 15 is 0 Å². The minimum Gasteiger partial charge on any atom is -0.0882 e. The molecule has 0 fully saturated rings. The Bertz CT molecular complexity index is 554. The zero-order valence-electron chi connectivity index (χ0n) is 12.6. The maximum absolute atomic E-state index is 6.61. The van der Waals surface area contributed by atoms with Crippen LogP contribution in [0.3, 0.4) is 0 Å². The highest BCUT2D eigenvalue weighted by Crippen LogP contribution is 2.33. The van der Waals surface area contributed by atoms with Crippen LogP contribution in [0.2, 0.25) is 0 Å². The molecule has 0 aliphatic carbocycles. The van der Waals surface area contributed by atoms with Crippen LogP contribution in [0.1, 0.15) is 36.1 Å². The first-order valence-electron chi connectivity index (χ1n) is 7.03. The molecule has 0 unspecified atom stereocenters. The van der Waals surface area contributed by atoms with Crippen molar-refractivity contribution in [1.29, 1.82) is 0 Å². The van der Waals surface area contributed by atoms with E-state index in [2.05, 4.69) is 76.2 Å². The number of hydrogen-bond donors (Lipinski definition) is 0. The smallest absolute Gasteiger partial charge is 0.0290 e. The molecule has 0 heterocycles. The van der Waals surface area contributed by atoms with Crippen molar-refractivity contribution in [2.45, 2.75) is 27.7 Å². The van der Waals surface area contributed by atoms with Crippen LogP contribution >= 0.6 is 11.6 Å². The maximum Gasteiger partial charge on any atom is 0.0290 e. The Hall–Kier alpha value is -1.53. The number of halogens is 1. The van der Waals surface area contributed by atoms with Crippen LogP contribution in [0.25, 0.3) is 5.57 Å². The first kappa shape index (κ1) is 14.9. The van der Waals surface area contributed by atoms with Crippen LogP contribution in [0.5, 0.6) is 0 Å². The molecule has 0 bridgehead atoms. The fourth-order valence-corrected chi connectivity index (χ4v) is 2.39. The van der Waals surface area contributed by atoms with Gasteiger partial charge in [-0.25, -0.2) is 0 Å². The van der Waals surface area contributed by atoms with Gasteiger partial charge in [0.05, 0.1) is 0 Å². The Morgan fingerprint density at radius 3 is 1.40 bits per heavy atom. The van der Waals surface area contributed by atoms with Crippen molar-refractivity contribution in [2.24, 2.45) is 5.92 Å². The Kier molecular flexibility index (Phi) is 4.67. The quantitative estimate of drug-likeness (QED) is 0.652. The fraction of sp³-hybridized carbons (Fsp3) is 0.263. The second-order valence-electron chi connectivity index (χ2n) is 5.61. The summed E-state index contributed by atoms with van der Waals surface area (Å²) in [6.45, 7) is 8.46. The first-order valence-corrected chi connectivity index (χ1v) is 7.40. The van der Waals surface area contributed by atoms with Gasteiger partial charge in [0.25, 0.3) is 0 Å².